The highest BCUT2D eigenvalue weighted by atomic mass is 35.5. The van der Waals surface area contributed by atoms with Crippen LogP contribution in [0.1, 0.15) is 5.56 Å². The van der Waals surface area contributed by atoms with Gasteiger partial charge in [0.2, 0.25) is 5.91 Å². The highest BCUT2D eigenvalue weighted by molar-refractivity contribution is 6.30. The molecule has 2 aromatic carbocycles. The topological polar surface area (TPSA) is 41.1 Å². The van der Waals surface area contributed by atoms with Crippen LogP contribution in [0.3, 0.4) is 0 Å². The summed E-state index contributed by atoms with van der Waals surface area (Å²) in [5.74, 6) is -0.549. The summed E-state index contributed by atoms with van der Waals surface area (Å²) >= 11 is 5.76. The van der Waals surface area contributed by atoms with E-state index in [2.05, 4.69) is 10.6 Å². The minimum atomic E-state index is -0.337. The van der Waals surface area contributed by atoms with E-state index in [1.807, 2.05) is 6.92 Å². The molecule has 0 unspecified atom stereocenters. The zero-order valence-electron chi connectivity index (χ0n) is 10.9. The molecule has 2 rings (SSSR count). The third kappa shape index (κ3) is 3.96. The number of benzene rings is 2. The first-order valence-corrected chi connectivity index (χ1v) is 6.48. The molecule has 0 saturated carbocycles. The lowest BCUT2D eigenvalue weighted by Crippen LogP contribution is -2.22. The minimum absolute atomic E-state index is 0.0624. The summed E-state index contributed by atoms with van der Waals surface area (Å²) in [6.07, 6.45) is 0. The van der Waals surface area contributed by atoms with Crippen LogP contribution < -0.4 is 10.6 Å². The number of anilines is 2. The van der Waals surface area contributed by atoms with E-state index in [1.54, 1.807) is 30.3 Å². The standard InChI is InChI=1S/C15H14ClFN2O/c1-10-2-5-12(17)8-14(10)18-9-15(20)19-13-6-3-11(16)4-7-13/h2-8,18H,9H2,1H3,(H,19,20). The van der Waals surface area contributed by atoms with Gasteiger partial charge in [0.15, 0.2) is 0 Å². The average molecular weight is 293 g/mol. The Kier molecular flexibility index (Phi) is 4.58. The molecule has 0 fully saturated rings. The summed E-state index contributed by atoms with van der Waals surface area (Å²) in [5, 5.41) is 6.23. The molecule has 0 radical (unpaired) electrons. The van der Waals surface area contributed by atoms with Crippen molar-refractivity contribution in [2.45, 2.75) is 6.92 Å². The highest BCUT2D eigenvalue weighted by Crippen LogP contribution is 2.16. The van der Waals surface area contributed by atoms with Crippen molar-refractivity contribution < 1.29 is 9.18 Å². The molecule has 3 nitrogen and oxygen atoms in total. The third-order valence-electron chi connectivity index (χ3n) is 2.77. The first-order chi connectivity index (χ1) is 9.54. The minimum Gasteiger partial charge on any atom is -0.376 e. The first kappa shape index (κ1) is 14.3. The summed E-state index contributed by atoms with van der Waals surface area (Å²) in [6.45, 7) is 1.91. The van der Waals surface area contributed by atoms with Crippen molar-refractivity contribution in [1.82, 2.24) is 0 Å². The second kappa shape index (κ2) is 6.39. The lowest BCUT2D eigenvalue weighted by atomic mass is 10.2. The number of carbonyl (C=O) groups is 1. The Labute approximate surface area is 121 Å². The number of rotatable bonds is 4. The van der Waals surface area contributed by atoms with Crippen molar-refractivity contribution in [3.8, 4) is 0 Å². The first-order valence-electron chi connectivity index (χ1n) is 6.10. The number of aryl methyl sites for hydroxylation is 1. The molecule has 0 aromatic heterocycles. The van der Waals surface area contributed by atoms with Crippen LogP contribution >= 0.6 is 11.6 Å². The normalized spacial score (nSPS) is 10.2. The van der Waals surface area contributed by atoms with Crippen molar-refractivity contribution in [1.29, 1.82) is 0 Å². The Morgan fingerprint density at radius 3 is 2.60 bits per heavy atom. The van der Waals surface area contributed by atoms with Gasteiger partial charge in [0.05, 0.1) is 6.54 Å². The Hall–Kier alpha value is -2.07. The largest absolute Gasteiger partial charge is 0.376 e. The summed E-state index contributed by atoms with van der Waals surface area (Å²) in [5.41, 5.74) is 2.15. The summed E-state index contributed by atoms with van der Waals surface area (Å²) in [4.78, 5) is 11.8. The van der Waals surface area contributed by atoms with Crippen LogP contribution in [0.2, 0.25) is 5.02 Å². The second-order valence-electron chi connectivity index (χ2n) is 4.37. The quantitative estimate of drug-likeness (QED) is 0.899. The lowest BCUT2D eigenvalue weighted by Gasteiger charge is -2.10. The summed E-state index contributed by atoms with van der Waals surface area (Å²) < 4.78 is 13.1. The molecule has 0 spiro atoms. The molecular formula is C15H14ClFN2O. The molecular weight excluding hydrogens is 279 g/mol. The predicted octanol–water partition coefficient (Wildman–Crippen LogP) is 3.84. The van der Waals surface area contributed by atoms with Gasteiger partial charge < -0.3 is 10.6 Å². The molecule has 104 valence electrons. The van der Waals surface area contributed by atoms with Gasteiger partial charge in [0.1, 0.15) is 5.82 Å². The van der Waals surface area contributed by atoms with Gasteiger partial charge in [-0.05, 0) is 48.9 Å². The fourth-order valence-electron chi connectivity index (χ4n) is 1.70. The molecule has 20 heavy (non-hydrogen) atoms. The van der Waals surface area contributed by atoms with Gasteiger partial charge in [-0.3, -0.25) is 4.79 Å². The fraction of sp³-hybridized carbons (Fsp3) is 0.133. The number of carbonyl (C=O) groups excluding carboxylic acids is 1. The Morgan fingerprint density at radius 2 is 1.90 bits per heavy atom. The second-order valence-corrected chi connectivity index (χ2v) is 4.80. The van der Waals surface area contributed by atoms with E-state index in [0.29, 0.717) is 16.4 Å². The molecule has 0 atom stereocenters. The third-order valence-corrected chi connectivity index (χ3v) is 3.02. The predicted molar refractivity (Wildman–Crippen MR) is 79.7 cm³/mol. The molecule has 0 aliphatic heterocycles. The van der Waals surface area contributed by atoms with E-state index in [9.17, 15) is 9.18 Å². The average Bonchev–Trinajstić information content (AvgIpc) is 2.42. The number of amides is 1. The van der Waals surface area contributed by atoms with Gasteiger partial charge >= 0.3 is 0 Å². The van der Waals surface area contributed by atoms with Crippen molar-refractivity contribution in [3.05, 3.63) is 58.9 Å². The van der Waals surface area contributed by atoms with Gasteiger partial charge in [0.25, 0.3) is 0 Å². The van der Waals surface area contributed by atoms with Gasteiger partial charge in [-0.25, -0.2) is 4.39 Å². The van der Waals surface area contributed by atoms with Gasteiger partial charge in [0, 0.05) is 16.4 Å². The van der Waals surface area contributed by atoms with Crippen LogP contribution in [-0.2, 0) is 4.79 Å². The van der Waals surface area contributed by atoms with Crippen molar-refractivity contribution in [2.75, 3.05) is 17.2 Å². The monoisotopic (exact) mass is 292 g/mol. The zero-order valence-corrected chi connectivity index (χ0v) is 11.7. The Balaban J connectivity index is 1.92. The van der Waals surface area contributed by atoms with E-state index in [1.165, 1.54) is 12.1 Å². The Bertz CT molecular complexity index is 614. The lowest BCUT2D eigenvalue weighted by molar-refractivity contribution is -0.114. The molecule has 5 heteroatoms. The number of nitrogens with one attached hydrogen (secondary N) is 2. The highest BCUT2D eigenvalue weighted by Gasteiger charge is 2.04. The van der Waals surface area contributed by atoms with Crippen molar-refractivity contribution in [3.63, 3.8) is 0 Å². The van der Waals surface area contributed by atoms with Crippen LogP contribution in [0.25, 0.3) is 0 Å². The molecule has 2 N–H and O–H groups in total. The van der Waals surface area contributed by atoms with E-state index >= 15 is 0 Å². The van der Waals surface area contributed by atoms with E-state index in [-0.39, 0.29) is 18.3 Å². The molecule has 0 aliphatic carbocycles. The molecule has 0 saturated heterocycles. The van der Waals surface area contributed by atoms with E-state index in [4.69, 9.17) is 11.6 Å². The molecule has 0 heterocycles. The SMILES string of the molecule is Cc1ccc(F)cc1NCC(=O)Nc1ccc(Cl)cc1. The number of hydrogen-bond acceptors (Lipinski definition) is 2. The maximum Gasteiger partial charge on any atom is 0.243 e. The molecule has 2 aromatic rings. The smallest absolute Gasteiger partial charge is 0.243 e. The summed E-state index contributed by atoms with van der Waals surface area (Å²) in [7, 11) is 0. The van der Waals surface area contributed by atoms with Crippen LogP contribution in [0.4, 0.5) is 15.8 Å². The Morgan fingerprint density at radius 1 is 1.20 bits per heavy atom. The van der Waals surface area contributed by atoms with Crippen LogP contribution in [0.15, 0.2) is 42.5 Å². The van der Waals surface area contributed by atoms with Crippen LogP contribution in [0, 0.1) is 12.7 Å². The fourth-order valence-corrected chi connectivity index (χ4v) is 1.82. The van der Waals surface area contributed by atoms with Crippen LogP contribution in [-0.4, -0.2) is 12.5 Å². The molecule has 0 aliphatic rings. The van der Waals surface area contributed by atoms with Gasteiger partial charge in [-0.1, -0.05) is 17.7 Å². The van der Waals surface area contributed by atoms with Crippen LogP contribution in [0.5, 0.6) is 0 Å². The molecule has 0 bridgehead atoms. The van der Waals surface area contributed by atoms with Crippen molar-refractivity contribution >= 4 is 28.9 Å². The number of halogens is 2. The molecule has 1 amide bonds. The number of hydrogen-bond donors (Lipinski definition) is 2. The summed E-state index contributed by atoms with van der Waals surface area (Å²) in [6, 6.07) is 11.2. The maximum atomic E-state index is 13.1. The van der Waals surface area contributed by atoms with E-state index in [0.717, 1.165) is 5.56 Å². The zero-order chi connectivity index (χ0) is 14.5. The van der Waals surface area contributed by atoms with Crippen molar-refractivity contribution in [2.24, 2.45) is 0 Å². The van der Waals surface area contributed by atoms with E-state index < -0.39 is 0 Å². The van der Waals surface area contributed by atoms with Gasteiger partial charge in [-0.2, -0.15) is 0 Å². The maximum absolute atomic E-state index is 13.1. The van der Waals surface area contributed by atoms with Gasteiger partial charge in [-0.15, -0.1) is 0 Å².